The lowest BCUT2D eigenvalue weighted by atomic mass is 10.1. The summed E-state index contributed by atoms with van der Waals surface area (Å²) in [6, 6.07) is 0. The second-order valence-corrected chi connectivity index (χ2v) is 19.1. The summed E-state index contributed by atoms with van der Waals surface area (Å²) in [6.45, 7) is 4.47. The van der Waals surface area contributed by atoms with E-state index < -0.39 is 57.8 Å². The number of phosphoric ester groups is 1. The smallest absolute Gasteiger partial charge is 0.462 e. The standard InChI is InChI=1S/C54H97O11P/c1-4-7-10-13-16-19-22-24-25-27-29-31-34-37-40-43-52(56)61-47-51(65-54(58)45-42-39-36-33-30-26-23-20-17-14-11-8-5-2)49-63-66(59,60)62-48-50(46-55)64-53(57)44-41-38-35-32-28-21-18-15-12-9-6-3/h8,11,17,20,24-26,30,50-51,55H,4-7,9-10,12-16,18-19,21-23,27-29,31-49H2,1-3H3,(H,59,60)/b11-8-,20-17-,25-24-,30-26-. The predicted molar refractivity (Wildman–Crippen MR) is 270 cm³/mol. The van der Waals surface area contributed by atoms with Gasteiger partial charge in [-0.05, 0) is 77.0 Å². The summed E-state index contributed by atoms with van der Waals surface area (Å²) in [7, 11) is -4.75. The second kappa shape index (κ2) is 48.9. The molecule has 0 aliphatic heterocycles. The van der Waals surface area contributed by atoms with Crippen LogP contribution in [0.15, 0.2) is 48.6 Å². The van der Waals surface area contributed by atoms with Gasteiger partial charge >= 0.3 is 25.7 Å². The van der Waals surface area contributed by atoms with Crippen LogP contribution in [-0.4, -0.2) is 66.5 Å². The predicted octanol–water partition coefficient (Wildman–Crippen LogP) is 15.0. The normalized spacial score (nSPS) is 13.8. The molecule has 3 atom stereocenters. The topological polar surface area (TPSA) is 155 Å². The van der Waals surface area contributed by atoms with E-state index in [0.717, 1.165) is 96.3 Å². The summed E-state index contributed by atoms with van der Waals surface area (Å²) in [5.74, 6) is -1.50. The Morgan fingerprint density at radius 2 is 0.788 bits per heavy atom. The number of hydrogen-bond donors (Lipinski definition) is 2. The minimum Gasteiger partial charge on any atom is -0.462 e. The number of unbranched alkanes of at least 4 members (excludes halogenated alkanes) is 24. The Hall–Kier alpha value is -2.56. The lowest BCUT2D eigenvalue weighted by molar-refractivity contribution is -0.161. The van der Waals surface area contributed by atoms with Crippen molar-refractivity contribution in [3.8, 4) is 0 Å². The van der Waals surface area contributed by atoms with Crippen molar-refractivity contribution in [2.24, 2.45) is 0 Å². The Labute approximate surface area is 403 Å². The van der Waals surface area contributed by atoms with E-state index in [1.807, 2.05) is 0 Å². The average molecular weight is 953 g/mol. The molecule has 12 heteroatoms. The lowest BCUT2D eigenvalue weighted by Crippen LogP contribution is -2.30. The zero-order valence-electron chi connectivity index (χ0n) is 42.2. The quantitative estimate of drug-likeness (QED) is 0.0197. The van der Waals surface area contributed by atoms with Crippen LogP contribution in [0.5, 0.6) is 0 Å². The molecule has 0 spiro atoms. The molecule has 3 unspecified atom stereocenters. The zero-order chi connectivity index (χ0) is 48.4. The van der Waals surface area contributed by atoms with Crippen molar-refractivity contribution in [3.63, 3.8) is 0 Å². The molecular formula is C54H97O11P. The van der Waals surface area contributed by atoms with Gasteiger partial charge in [-0.1, -0.05) is 191 Å². The van der Waals surface area contributed by atoms with Crippen LogP contribution >= 0.6 is 7.82 Å². The fourth-order valence-electron chi connectivity index (χ4n) is 7.19. The van der Waals surface area contributed by atoms with Crippen molar-refractivity contribution in [2.75, 3.05) is 26.4 Å². The number of esters is 3. The van der Waals surface area contributed by atoms with Gasteiger partial charge in [0.2, 0.25) is 0 Å². The van der Waals surface area contributed by atoms with Crippen LogP contribution in [0.4, 0.5) is 0 Å². The third-order valence-electron chi connectivity index (χ3n) is 11.2. The van der Waals surface area contributed by atoms with Crippen LogP contribution in [0.2, 0.25) is 0 Å². The molecule has 0 aromatic rings. The van der Waals surface area contributed by atoms with Gasteiger partial charge in [0.25, 0.3) is 0 Å². The zero-order valence-corrected chi connectivity index (χ0v) is 43.1. The third kappa shape index (κ3) is 46.5. The number of carbonyl (C=O) groups excluding carboxylic acids is 3. The van der Waals surface area contributed by atoms with E-state index in [4.69, 9.17) is 23.3 Å². The van der Waals surface area contributed by atoms with E-state index in [0.29, 0.717) is 19.3 Å². The number of phosphoric acid groups is 1. The van der Waals surface area contributed by atoms with Crippen molar-refractivity contribution < 1.29 is 52.2 Å². The highest BCUT2D eigenvalue weighted by molar-refractivity contribution is 7.47. The van der Waals surface area contributed by atoms with E-state index in [-0.39, 0.29) is 25.9 Å². The van der Waals surface area contributed by atoms with Gasteiger partial charge in [-0.25, -0.2) is 4.57 Å². The Balaban J connectivity index is 4.77. The number of rotatable bonds is 49. The van der Waals surface area contributed by atoms with Gasteiger partial charge in [0.1, 0.15) is 12.7 Å². The molecule has 384 valence electrons. The molecule has 0 bridgehead atoms. The van der Waals surface area contributed by atoms with Gasteiger partial charge in [0.15, 0.2) is 6.10 Å². The van der Waals surface area contributed by atoms with Crippen molar-refractivity contribution in [3.05, 3.63) is 48.6 Å². The number of hydrogen-bond acceptors (Lipinski definition) is 10. The molecule has 2 N–H and O–H groups in total. The van der Waals surface area contributed by atoms with Gasteiger partial charge in [-0.3, -0.25) is 23.4 Å². The monoisotopic (exact) mass is 953 g/mol. The van der Waals surface area contributed by atoms with Crippen LogP contribution in [0.1, 0.15) is 239 Å². The molecule has 0 aromatic carbocycles. The Kier molecular flexibility index (Phi) is 47.0. The molecule has 0 heterocycles. The maximum absolute atomic E-state index is 12.8. The summed E-state index contributed by atoms with van der Waals surface area (Å²) in [4.78, 5) is 48.3. The highest BCUT2D eigenvalue weighted by Gasteiger charge is 2.28. The molecule has 0 aliphatic rings. The molecule has 0 saturated carbocycles. The second-order valence-electron chi connectivity index (χ2n) is 17.7. The molecule has 0 saturated heterocycles. The van der Waals surface area contributed by atoms with Crippen LogP contribution in [0.25, 0.3) is 0 Å². The molecule has 11 nitrogen and oxygen atoms in total. The number of ether oxygens (including phenoxy) is 3. The molecule has 0 rings (SSSR count). The van der Waals surface area contributed by atoms with E-state index >= 15 is 0 Å². The molecule has 0 aliphatic carbocycles. The number of aliphatic hydroxyl groups is 1. The van der Waals surface area contributed by atoms with Gasteiger partial charge in [-0.2, -0.15) is 0 Å². The van der Waals surface area contributed by atoms with Crippen LogP contribution in [0.3, 0.4) is 0 Å². The summed E-state index contributed by atoms with van der Waals surface area (Å²) in [6.07, 6.45) is 49.4. The molecule has 66 heavy (non-hydrogen) atoms. The SMILES string of the molecule is CC/C=C\C/C=C\C/C=C\CCCCCC(=O)OC(COC(=O)CCCCCCC/C=C\CCCCCCCC)COP(=O)(O)OCC(CO)OC(=O)CCCCCCCCCCCCC. The summed E-state index contributed by atoms with van der Waals surface area (Å²) < 4.78 is 39.3. The van der Waals surface area contributed by atoms with Gasteiger partial charge in [0, 0.05) is 19.3 Å². The third-order valence-corrected chi connectivity index (χ3v) is 12.2. The molecule has 0 radical (unpaired) electrons. The van der Waals surface area contributed by atoms with Crippen molar-refractivity contribution >= 4 is 25.7 Å². The minimum atomic E-state index is -4.75. The Bertz CT molecular complexity index is 1300. The summed E-state index contributed by atoms with van der Waals surface area (Å²) >= 11 is 0. The largest absolute Gasteiger partial charge is 0.472 e. The van der Waals surface area contributed by atoms with Gasteiger partial charge in [0.05, 0.1) is 19.8 Å². The first kappa shape index (κ1) is 63.4. The van der Waals surface area contributed by atoms with Crippen LogP contribution in [0, 0.1) is 0 Å². The Morgan fingerprint density at radius 3 is 1.24 bits per heavy atom. The molecule has 0 aromatic heterocycles. The summed E-state index contributed by atoms with van der Waals surface area (Å²) in [5, 5.41) is 9.76. The Morgan fingerprint density at radius 1 is 0.439 bits per heavy atom. The number of carbonyl (C=O) groups is 3. The first-order valence-electron chi connectivity index (χ1n) is 26.5. The fourth-order valence-corrected chi connectivity index (χ4v) is 7.97. The lowest BCUT2D eigenvalue weighted by Gasteiger charge is -2.21. The minimum absolute atomic E-state index is 0.132. The van der Waals surface area contributed by atoms with Crippen molar-refractivity contribution in [1.82, 2.24) is 0 Å². The fraction of sp³-hybridized carbons (Fsp3) is 0.796. The molecular weight excluding hydrogens is 856 g/mol. The average Bonchev–Trinajstić information content (AvgIpc) is 3.30. The maximum Gasteiger partial charge on any atom is 0.472 e. The van der Waals surface area contributed by atoms with Gasteiger partial charge in [-0.15, -0.1) is 0 Å². The van der Waals surface area contributed by atoms with Gasteiger partial charge < -0.3 is 24.2 Å². The number of allylic oxidation sites excluding steroid dienone is 8. The van der Waals surface area contributed by atoms with Crippen molar-refractivity contribution in [1.29, 1.82) is 0 Å². The highest BCUT2D eigenvalue weighted by Crippen LogP contribution is 2.43. The number of aliphatic hydroxyl groups excluding tert-OH is 1. The van der Waals surface area contributed by atoms with E-state index in [2.05, 4.69) is 69.4 Å². The van der Waals surface area contributed by atoms with E-state index in [9.17, 15) is 28.9 Å². The van der Waals surface area contributed by atoms with Crippen LogP contribution in [-0.2, 0) is 42.2 Å². The van der Waals surface area contributed by atoms with Crippen molar-refractivity contribution in [2.45, 2.75) is 251 Å². The van der Waals surface area contributed by atoms with Crippen LogP contribution < -0.4 is 0 Å². The highest BCUT2D eigenvalue weighted by atomic mass is 31.2. The van der Waals surface area contributed by atoms with E-state index in [1.165, 1.54) is 83.5 Å². The summed E-state index contributed by atoms with van der Waals surface area (Å²) in [5.41, 5.74) is 0. The first-order chi connectivity index (χ1) is 32.2. The molecule has 0 amide bonds. The molecule has 0 fully saturated rings. The van der Waals surface area contributed by atoms with E-state index in [1.54, 1.807) is 0 Å². The first-order valence-corrected chi connectivity index (χ1v) is 28.0. The maximum atomic E-state index is 12.8.